The zero-order valence-corrected chi connectivity index (χ0v) is 20.3. The minimum atomic E-state index is -2.99. The first kappa shape index (κ1) is 22.7. The molecular weight excluding hydrogens is 500 g/mol. The summed E-state index contributed by atoms with van der Waals surface area (Å²) in [6.07, 6.45) is 7.25. The second-order valence-corrected chi connectivity index (χ2v) is 11.1. The molecule has 2 heterocycles. The Labute approximate surface area is 207 Å². The van der Waals surface area contributed by atoms with Crippen LogP contribution in [0.2, 0.25) is 0 Å². The average Bonchev–Trinajstić information content (AvgIpc) is 3.73. The van der Waals surface area contributed by atoms with Crippen molar-refractivity contribution in [1.82, 2.24) is 5.16 Å². The summed E-state index contributed by atoms with van der Waals surface area (Å²) >= 11 is 6.37. The molecule has 1 atom stereocenters. The number of amides is 1. The minimum Gasteiger partial charge on any atom is -0.437 e. The number of ether oxygens (including phenoxy) is 1. The summed E-state index contributed by atoms with van der Waals surface area (Å²) in [5, 5.41) is 4.90. The van der Waals surface area contributed by atoms with E-state index in [0.717, 1.165) is 24.0 Å². The molecule has 0 bridgehead atoms. The number of fused-ring (bicyclic) bond motifs is 3. The van der Waals surface area contributed by atoms with E-state index in [1.165, 1.54) is 6.08 Å². The number of nitrogens with one attached hydrogen (secondary N) is 1. The maximum Gasteiger partial charge on any atom is 0.387 e. The highest BCUT2D eigenvalue weighted by molar-refractivity contribution is 7.87. The molecule has 1 aromatic heterocycles. The van der Waals surface area contributed by atoms with Crippen LogP contribution in [0.15, 0.2) is 50.9 Å². The largest absolute Gasteiger partial charge is 0.437 e. The lowest BCUT2D eigenvalue weighted by Gasteiger charge is -2.20. The van der Waals surface area contributed by atoms with Crippen molar-refractivity contribution in [3.05, 3.63) is 51.9 Å². The number of anilines is 2. The molecule has 1 spiro atoms. The third-order valence-electron chi connectivity index (χ3n) is 6.96. The van der Waals surface area contributed by atoms with Crippen molar-refractivity contribution in [2.75, 3.05) is 9.62 Å². The maximum absolute atomic E-state index is 13.7. The van der Waals surface area contributed by atoms with Gasteiger partial charge in [-0.1, -0.05) is 29.3 Å². The third kappa shape index (κ3) is 3.78. The highest BCUT2D eigenvalue weighted by Gasteiger charge is 2.60. The first-order valence-corrected chi connectivity index (χ1v) is 13.1. The van der Waals surface area contributed by atoms with Crippen molar-refractivity contribution in [2.24, 2.45) is 0 Å². The molecule has 0 radical (unpaired) electrons. The molecule has 1 unspecified atom stereocenters. The Balaban J connectivity index is 1.45. The van der Waals surface area contributed by atoms with Gasteiger partial charge in [-0.3, -0.25) is 14.4 Å². The molecular formula is C24H22ClF2N3O4S. The van der Waals surface area contributed by atoms with Gasteiger partial charge in [-0.15, -0.1) is 0 Å². The molecule has 184 valence electrons. The van der Waals surface area contributed by atoms with Crippen LogP contribution in [0, 0.1) is 0 Å². The van der Waals surface area contributed by atoms with E-state index < -0.39 is 23.0 Å². The van der Waals surface area contributed by atoms with Gasteiger partial charge in [0.25, 0.3) is 0 Å². The molecule has 0 saturated heterocycles. The van der Waals surface area contributed by atoms with Crippen LogP contribution >= 0.6 is 11.6 Å². The molecule has 3 aliphatic carbocycles. The number of aromatic nitrogens is 1. The van der Waals surface area contributed by atoms with Gasteiger partial charge in [0.15, 0.2) is 11.4 Å². The van der Waals surface area contributed by atoms with Crippen molar-refractivity contribution in [3.8, 4) is 0 Å². The van der Waals surface area contributed by atoms with Gasteiger partial charge in [0.2, 0.25) is 5.91 Å². The topological polar surface area (TPSA) is 84.7 Å². The molecule has 11 heteroatoms. The summed E-state index contributed by atoms with van der Waals surface area (Å²) in [6, 6.07) is 3.65. The molecule has 1 aliphatic heterocycles. The second-order valence-electron chi connectivity index (χ2n) is 9.27. The molecule has 1 N–H and O–H groups in total. The summed E-state index contributed by atoms with van der Waals surface area (Å²) in [5.74, 6) is 0.281. The van der Waals surface area contributed by atoms with E-state index in [0.29, 0.717) is 47.4 Å². The predicted octanol–water partition coefficient (Wildman–Crippen LogP) is 5.76. The quantitative estimate of drug-likeness (QED) is 0.501. The Morgan fingerprint density at radius 3 is 2.77 bits per heavy atom. The molecule has 2 fully saturated rings. The van der Waals surface area contributed by atoms with Crippen LogP contribution in [-0.4, -0.2) is 27.1 Å². The minimum absolute atomic E-state index is 0.0252. The number of benzene rings is 1. The van der Waals surface area contributed by atoms with E-state index in [4.69, 9.17) is 16.1 Å². The normalized spacial score (nSPS) is 21.9. The first-order chi connectivity index (χ1) is 16.8. The molecule has 7 nitrogen and oxygen atoms in total. The van der Waals surface area contributed by atoms with Crippen molar-refractivity contribution >= 4 is 51.0 Å². The number of rotatable bonds is 7. The monoisotopic (exact) mass is 521 g/mol. The zero-order chi connectivity index (χ0) is 24.5. The van der Waals surface area contributed by atoms with Gasteiger partial charge in [-0.05, 0) is 55.9 Å². The lowest BCUT2D eigenvalue weighted by atomic mass is 9.96. The number of alkyl halides is 2. The van der Waals surface area contributed by atoms with Crippen molar-refractivity contribution in [3.63, 3.8) is 0 Å². The van der Waals surface area contributed by atoms with Gasteiger partial charge in [0.1, 0.15) is 16.7 Å². The Morgan fingerprint density at radius 2 is 2.11 bits per heavy atom. The van der Waals surface area contributed by atoms with Crippen LogP contribution in [0.5, 0.6) is 0 Å². The predicted molar refractivity (Wildman–Crippen MR) is 128 cm³/mol. The fourth-order valence-electron chi connectivity index (χ4n) is 4.74. The van der Waals surface area contributed by atoms with E-state index in [1.54, 1.807) is 11.0 Å². The Bertz CT molecular complexity index is 1370. The van der Waals surface area contributed by atoms with Gasteiger partial charge < -0.3 is 9.26 Å². The summed E-state index contributed by atoms with van der Waals surface area (Å²) < 4.78 is 51.4. The van der Waals surface area contributed by atoms with E-state index in [1.807, 2.05) is 19.1 Å². The number of nitrogens with zero attached hydrogens (tertiary/aromatic N) is 2. The van der Waals surface area contributed by atoms with Crippen LogP contribution in [-0.2, 0) is 25.9 Å². The molecule has 6 rings (SSSR count). The highest BCUT2D eigenvalue weighted by atomic mass is 35.5. The highest BCUT2D eigenvalue weighted by Crippen LogP contribution is 2.59. The molecule has 4 aliphatic rings. The van der Waals surface area contributed by atoms with Gasteiger partial charge in [-0.25, -0.2) is 4.21 Å². The van der Waals surface area contributed by atoms with Crippen LogP contribution in [0.3, 0.4) is 0 Å². The fraction of sp³-hybridized carbons (Fsp3) is 0.417. The van der Waals surface area contributed by atoms with Crippen molar-refractivity contribution < 1.29 is 27.0 Å². The number of hydrogen-bond donors (Lipinski definition) is 1. The molecule has 1 aromatic carbocycles. The van der Waals surface area contributed by atoms with Crippen LogP contribution < -0.4 is 9.62 Å². The van der Waals surface area contributed by atoms with Crippen molar-refractivity contribution in [2.45, 2.75) is 62.7 Å². The maximum atomic E-state index is 13.7. The number of hydrogen-bond acceptors (Lipinski definition) is 5. The summed E-state index contributed by atoms with van der Waals surface area (Å²) in [5.41, 5.74) is 2.59. The second kappa shape index (κ2) is 8.16. The van der Waals surface area contributed by atoms with Crippen LogP contribution in [0.1, 0.15) is 51.0 Å². The summed E-state index contributed by atoms with van der Waals surface area (Å²) in [4.78, 5) is 15.3. The Hall–Kier alpha value is -2.72. The Kier molecular flexibility index (Phi) is 5.30. The molecule has 1 amide bonds. The van der Waals surface area contributed by atoms with Crippen LogP contribution in [0.25, 0.3) is 11.0 Å². The van der Waals surface area contributed by atoms with Gasteiger partial charge >= 0.3 is 6.61 Å². The molecule has 35 heavy (non-hydrogen) atoms. The van der Waals surface area contributed by atoms with Gasteiger partial charge in [-0.2, -0.15) is 8.78 Å². The van der Waals surface area contributed by atoms with Crippen molar-refractivity contribution in [1.29, 1.82) is 0 Å². The standard InChI is InChI=1S/C24H22ClF2N3O4S/c1-2-12-7-13(9-17(25)20(8-12)33-23(26)27)30-18-11-19-15(10-16(18)24(5-6-24)22(30)31)21(28-34-19)29-35(32)14-3-4-14/h7,9-11,14,23H,2-6,8H2,1H3,(H,28,29). The van der Waals surface area contributed by atoms with Crippen LogP contribution in [0.4, 0.5) is 20.3 Å². The number of allylic oxidation sites excluding steroid dienone is 4. The molecule has 2 saturated carbocycles. The summed E-state index contributed by atoms with van der Waals surface area (Å²) in [6.45, 7) is -1.09. The zero-order valence-electron chi connectivity index (χ0n) is 18.8. The van der Waals surface area contributed by atoms with E-state index in [9.17, 15) is 17.8 Å². The summed E-state index contributed by atoms with van der Waals surface area (Å²) in [7, 11) is -1.24. The van der Waals surface area contributed by atoms with Gasteiger partial charge in [0, 0.05) is 12.5 Å². The number of halogens is 3. The third-order valence-corrected chi connectivity index (χ3v) is 8.75. The lowest BCUT2D eigenvalue weighted by Crippen LogP contribution is -2.31. The average molecular weight is 522 g/mol. The van der Waals surface area contributed by atoms with E-state index >= 15 is 0 Å². The van der Waals surface area contributed by atoms with E-state index in [2.05, 4.69) is 14.6 Å². The van der Waals surface area contributed by atoms with E-state index in [-0.39, 0.29) is 28.4 Å². The number of carbonyl (C=O) groups is 1. The first-order valence-electron chi connectivity index (χ1n) is 11.5. The number of carbonyl (C=O) groups excluding carboxylic acids is 1. The Morgan fingerprint density at radius 1 is 1.34 bits per heavy atom. The SMILES string of the molecule is CCC1=CC(N2C(=O)C3(CC3)c3cc4c(NS(=O)C5CC5)noc4cc32)=CC(Cl)=C(OC(F)F)C1. The fourth-order valence-corrected chi connectivity index (χ4v) is 6.04. The molecule has 2 aromatic rings. The lowest BCUT2D eigenvalue weighted by molar-refractivity contribution is -0.119. The smallest absolute Gasteiger partial charge is 0.387 e. The van der Waals surface area contributed by atoms with Gasteiger partial charge in [0.05, 0.1) is 32.5 Å².